The van der Waals surface area contributed by atoms with Crippen molar-refractivity contribution in [3.05, 3.63) is 54.1 Å². The van der Waals surface area contributed by atoms with E-state index in [1.54, 1.807) is 26.0 Å². The van der Waals surface area contributed by atoms with Crippen molar-refractivity contribution in [2.75, 3.05) is 6.26 Å². The van der Waals surface area contributed by atoms with E-state index in [1.807, 2.05) is 0 Å². The highest BCUT2D eigenvalue weighted by Crippen LogP contribution is 2.34. The number of alkyl halides is 3. The molecule has 0 bridgehead atoms. The van der Waals surface area contributed by atoms with Crippen molar-refractivity contribution < 1.29 is 31.5 Å². The molecule has 0 amide bonds. The Labute approximate surface area is 173 Å². The number of carboxylic acid groups (broad SMARTS) is 1. The second kappa shape index (κ2) is 9.18. The molecule has 9 heteroatoms. The molecule has 2 aromatic carbocycles. The fourth-order valence-electron chi connectivity index (χ4n) is 3.06. The summed E-state index contributed by atoms with van der Waals surface area (Å²) < 4.78 is 64.0. The number of benzene rings is 2. The maximum Gasteiger partial charge on any atom is 0.407 e. The summed E-state index contributed by atoms with van der Waals surface area (Å²) in [4.78, 5) is 11.5. The lowest BCUT2D eigenvalue weighted by atomic mass is 9.98. The molecular weight excluding hydrogens is 419 g/mol. The van der Waals surface area contributed by atoms with Crippen molar-refractivity contribution in [3.63, 3.8) is 0 Å². The molecule has 0 saturated carbocycles. The van der Waals surface area contributed by atoms with Crippen LogP contribution in [0, 0.1) is 5.92 Å². The lowest BCUT2D eigenvalue weighted by molar-refractivity contribution is -0.163. The molecule has 30 heavy (non-hydrogen) atoms. The van der Waals surface area contributed by atoms with Crippen LogP contribution < -0.4 is 5.32 Å². The van der Waals surface area contributed by atoms with Crippen LogP contribution >= 0.6 is 0 Å². The molecule has 0 saturated heterocycles. The van der Waals surface area contributed by atoms with Crippen LogP contribution in [0.2, 0.25) is 0 Å². The fraction of sp³-hybridized carbons (Fsp3) is 0.381. The van der Waals surface area contributed by atoms with Gasteiger partial charge in [0.25, 0.3) is 0 Å². The number of halogens is 3. The molecule has 164 valence electrons. The zero-order valence-electron chi connectivity index (χ0n) is 16.8. The molecule has 0 fully saturated rings. The minimum Gasteiger partial charge on any atom is -0.480 e. The molecule has 0 radical (unpaired) electrons. The molecular formula is C21H24F3NO4S. The Morgan fingerprint density at radius 2 is 1.47 bits per heavy atom. The van der Waals surface area contributed by atoms with Gasteiger partial charge in [-0.2, -0.15) is 13.2 Å². The summed E-state index contributed by atoms with van der Waals surface area (Å²) in [5.74, 6) is -1.43. The lowest BCUT2D eigenvalue weighted by Gasteiger charge is -2.27. The largest absolute Gasteiger partial charge is 0.480 e. The zero-order chi connectivity index (χ0) is 22.7. The van der Waals surface area contributed by atoms with Gasteiger partial charge in [-0.3, -0.25) is 10.1 Å². The quantitative estimate of drug-likeness (QED) is 0.630. The van der Waals surface area contributed by atoms with Gasteiger partial charge in [-0.15, -0.1) is 0 Å². The van der Waals surface area contributed by atoms with Crippen LogP contribution in [-0.4, -0.2) is 38.0 Å². The van der Waals surface area contributed by atoms with E-state index in [1.165, 1.54) is 36.4 Å². The number of carboxylic acids is 1. The average molecular weight is 443 g/mol. The predicted octanol–water partition coefficient (Wildman–Crippen LogP) is 4.45. The number of hydrogen-bond acceptors (Lipinski definition) is 4. The van der Waals surface area contributed by atoms with E-state index in [0.717, 1.165) is 6.26 Å². The van der Waals surface area contributed by atoms with Gasteiger partial charge in [0.15, 0.2) is 9.84 Å². The van der Waals surface area contributed by atoms with Crippen LogP contribution in [-0.2, 0) is 14.6 Å². The van der Waals surface area contributed by atoms with Crippen molar-refractivity contribution in [2.24, 2.45) is 5.92 Å². The van der Waals surface area contributed by atoms with Gasteiger partial charge in [-0.25, -0.2) is 8.42 Å². The highest BCUT2D eigenvalue weighted by molar-refractivity contribution is 7.90. The number of rotatable bonds is 8. The molecule has 0 aliphatic heterocycles. The number of hydrogen-bond donors (Lipinski definition) is 2. The Kier molecular flexibility index (Phi) is 7.31. The van der Waals surface area contributed by atoms with Gasteiger partial charge >= 0.3 is 12.1 Å². The Balaban J connectivity index is 2.30. The van der Waals surface area contributed by atoms with Crippen LogP contribution in [0.15, 0.2) is 53.4 Å². The SMILES string of the molecule is CC(C)CC(N[C@@H](c1ccc(-c2ccc(S(C)(=O)=O)cc2)cc1)C(F)(F)F)C(=O)O. The van der Waals surface area contributed by atoms with Crippen LogP contribution in [0.25, 0.3) is 11.1 Å². The second-order valence-electron chi connectivity index (χ2n) is 7.58. The molecule has 2 aromatic rings. The van der Waals surface area contributed by atoms with E-state index in [-0.39, 0.29) is 22.8 Å². The predicted molar refractivity (Wildman–Crippen MR) is 108 cm³/mol. The van der Waals surface area contributed by atoms with E-state index in [9.17, 15) is 31.5 Å². The normalized spacial score (nSPS) is 14.5. The molecule has 2 N–H and O–H groups in total. The molecule has 5 nitrogen and oxygen atoms in total. The summed E-state index contributed by atoms with van der Waals surface area (Å²) in [5.41, 5.74) is 1.15. The van der Waals surface area contributed by atoms with Gasteiger partial charge in [-0.1, -0.05) is 50.2 Å². The number of sulfone groups is 1. The van der Waals surface area contributed by atoms with Gasteiger partial charge in [0.1, 0.15) is 12.1 Å². The minimum atomic E-state index is -4.68. The Hall–Kier alpha value is -2.39. The second-order valence-corrected chi connectivity index (χ2v) is 9.60. The van der Waals surface area contributed by atoms with Gasteiger partial charge in [0, 0.05) is 6.26 Å². The lowest BCUT2D eigenvalue weighted by Crippen LogP contribution is -2.45. The van der Waals surface area contributed by atoms with E-state index < -0.39 is 34.1 Å². The summed E-state index contributed by atoms with van der Waals surface area (Å²) in [5, 5.41) is 11.5. The van der Waals surface area contributed by atoms with Gasteiger partial charge < -0.3 is 5.11 Å². The third-order valence-electron chi connectivity index (χ3n) is 4.56. The first-order chi connectivity index (χ1) is 13.8. The maximum absolute atomic E-state index is 13.6. The van der Waals surface area contributed by atoms with E-state index >= 15 is 0 Å². The summed E-state index contributed by atoms with van der Waals surface area (Å²) in [6.07, 6.45) is -3.53. The van der Waals surface area contributed by atoms with Crippen molar-refractivity contribution in [3.8, 4) is 11.1 Å². The third-order valence-corrected chi connectivity index (χ3v) is 5.69. The monoisotopic (exact) mass is 443 g/mol. The number of carbonyl (C=O) groups is 1. The molecule has 2 atom stereocenters. The summed E-state index contributed by atoms with van der Waals surface area (Å²) in [6, 6.07) is 8.12. The van der Waals surface area contributed by atoms with Gasteiger partial charge in [0.2, 0.25) is 0 Å². The summed E-state index contributed by atoms with van der Waals surface area (Å²) in [6.45, 7) is 3.48. The molecule has 0 aliphatic carbocycles. The zero-order valence-corrected chi connectivity index (χ0v) is 17.6. The Bertz CT molecular complexity index is 969. The first kappa shape index (κ1) is 23.9. The van der Waals surface area contributed by atoms with Crippen LogP contribution in [0.3, 0.4) is 0 Å². The van der Waals surface area contributed by atoms with Gasteiger partial charge in [0.05, 0.1) is 4.90 Å². The topological polar surface area (TPSA) is 83.5 Å². The first-order valence-corrected chi connectivity index (χ1v) is 11.1. The molecule has 1 unspecified atom stereocenters. The van der Waals surface area contributed by atoms with Crippen molar-refractivity contribution in [2.45, 2.75) is 43.4 Å². The third kappa shape index (κ3) is 6.30. The van der Waals surface area contributed by atoms with Crippen molar-refractivity contribution >= 4 is 15.8 Å². The van der Waals surface area contributed by atoms with E-state index in [0.29, 0.717) is 11.1 Å². The number of aliphatic carboxylic acids is 1. The smallest absolute Gasteiger partial charge is 0.407 e. The van der Waals surface area contributed by atoms with E-state index in [4.69, 9.17) is 0 Å². The highest BCUT2D eigenvalue weighted by Gasteiger charge is 2.42. The molecule has 0 aromatic heterocycles. The first-order valence-electron chi connectivity index (χ1n) is 9.25. The van der Waals surface area contributed by atoms with Crippen molar-refractivity contribution in [1.82, 2.24) is 5.32 Å². The summed E-state index contributed by atoms with van der Waals surface area (Å²) >= 11 is 0. The summed E-state index contributed by atoms with van der Waals surface area (Å²) in [7, 11) is -3.34. The molecule has 2 rings (SSSR count). The van der Waals surface area contributed by atoms with Gasteiger partial charge in [-0.05, 0) is 41.2 Å². The van der Waals surface area contributed by atoms with Crippen LogP contribution in [0.5, 0.6) is 0 Å². The number of nitrogens with one attached hydrogen (secondary N) is 1. The standard InChI is InChI=1S/C21H24F3NO4S/c1-13(2)12-18(20(26)27)25-19(21(22,23)24)16-6-4-14(5-7-16)15-8-10-17(11-9-15)30(3,28)29/h4-11,13,18-19,25H,12H2,1-3H3,(H,26,27)/t18?,19-/m0/s1. The fourth-order valence-corrected chi connectivity index (χ4v) is 3.69. The molecule has 0 aliphatic rings. The Morgan fingerprint density at radius 1 is 1.00 bits per heavy atom. The maximum atomic E-state index is 13.6. The molecule has 0 heterocycles. The minimum absolute atomic E-state index is 0.0622. The highest BCUT2D eigenvalue weighted by atomic mass is 32.2. The Morgan fingerprint density at radius 3 is 1.83 bits per heavy atom. The van der Waals surface area contributed by atoms with Crippen molar-refractivity contribution in [1.29, 1.82) is 0 Å². The molecule has 0 spiro atoms. The van der Waals surface area contributed by atoms with Crippen LogP contribution in [0.4, 0.5) is 13.2 Å². The van der Waals surface area contributed by atoms with E-state index in [2.05, 4.69) is 5.32 Å². The average Bonchev–Trinajstić information content (AvgIpc) is 2.63. The van der Waals surface area contributed by atoms with Crippen LogP contribution in [0.1, 0.15) is 31.9 Å².